The molecule has 0 unspecified atom stereocenters. The molecule has 1 heterocycles. The third kappa shape index (κ3) is 2.83. The number of rotatable bonds is 5. The summed E-state index contributed by atoms with van der Waals surface area (Å²) in [4.78, 5) is 23.8. The van der Waals surface area contributed by atoms with Gasteiger partial charge in [0.2, 0.25) is 5.78 Å². The molecule has 0 aliphatic carbocycles. The van der Waals surface area contributed by atoms with Gasteiger partial charge in [0, 0.05) is 19.8 Å². The molecule has 2 atom stereocenters. The number of methoxy groups -OCH3 is 2. The quantitative estimate of drug-likeness (QED) is 0.457. The molecule has 102 valence electrons. The van der Waals surface area contributed by atoms with E-state index < -0.39 is 24.3 Å². The molecule has 1 aliphatic rings. The fourth-order valence-electron chi connectivity index (χ4n) is 2.28. The Kier molecular flexibility index (Phi) is 4.29. The van der Waals surface area contributed by atoms with Crippen LogP contribution in [0.5, 0.6) is 0 Å². The molecule has 5 heteroatoms. The molecular weight excluding hydrogens is 248 g/mol. The number of esters is 1. The Balaban J connectivity index is 2.21. The van der Waals surface area contributed by atoms with Gasteiger partial charge in [-0.2, -0.15) is 0 Å². The van der Waals surface area contributed by atoms with Gasteiger partial charge in [0.05, 0.1) is 12.3 Å². The van der Waals surface area contributed by atoms with Gasteiger partial charge < -0.3 is 14.2 Å². The molecule has 19 heavy (non-hydrogen) atoms. The molecular formula is C14H16O5. The average molecular weight is 264 g/mol. The molecule has 1 aliphatic heterocycles. The Morgan fingerprint density at radius 2 is 1.89 bits per heavy atom. The van der Waals surface area contributed by atoms with Crippen LogP contribution in [0.15, 0.2) is 30.3 Å². The first kappa shape index (κ1) is 13.7. The smallest absolute Gasteiger partial charge is 0.307 e. The molecule has 1 fully saturated rings. The monoisotopic (exact) mass is 264 g/mol. The van der Waals surface area contributed by atoms with Crippen molar-refractivity contribution >= 4 is 11.8 Å². The van der Waals surface area contributed by atoms with Gasteiger partial charge >= 0.3 is 5.97 Å². The van der Waals surface area contributed by atoms with Crippen LogP contribution in [0.4, 0.5) is 0 Å². The lowest BCUT2D eigenvalue weighted by atomic mass is 9.94. The van der Waals surface area contributed by atoms with Crippen molar-refractivity contribution in [2.24, 2.45) is 5.92 Å². The average Bonchev–Trinajstić information content (AvgIpc) is 2.82. The lowest BCUT2D eigenvalue weighted by Gasteiger charge is -2.23. The molecule has 0 N–H and O–H groups in total. The number of benzene rings is 1. The first-order valence-corrected chi connectivity index (χ1v) is 6.01. The third-order valence-electron chi connectivity index (χ3n) is 3.18. The van der Waals surface area contributed by atoms with Gasteiger partial charge in [0.25, 0.3) is 0 Å². The summed E-state index contributed by atoms with van der Waals surface area (Å²) in [6.07, 6.45) is -1.36. The lowest BCUT2D eigenvalue weighted by Crippen LogP contribution is -2.36. The van der Waals surface area contributed by atoms with E-state index in [0.29, 0.717) is 5.56 Å². The van der Waals surface area contributed by atoms with Gasteiger partial charge in [0.1, 0.15) is 0 Å². The van der Waals surface area contributed by atoms with Gasteiger partial charge in [-0.3, -0.25) is 9.59 Å². The number of carbonyl (C=O) groups is 2. The minimum absolute atomic E-state index is 0.121. The molecule has 0 bridgehead atoms. The van der Waals surface area contributed by atoms with Crippen LogP contribution in [0, 0.1) is 5.92 Å². The minimum atomic E-state index is -0.847. The fraction of sp³-hybridized carbons (Fsp3) is 0.429. The van der Waals surface area contributed by atoms with Crippen LogP contribution in [0.25, 0.3) is 0 Å². The number of carbonyl (C=O) groups excluding carboxylic acids is 2. The van der Waals surface area contributed by atoms with Crippen molar-refractivity contribution in [3.8, 4) is 0 Å². The van der Waals surface area contributed by atoms with Gasteiger partial charge in [-0.1, -0.05) is 30.3 Å². The number of ether oxygens (including phenoxy) is 3. The third-order valence-corrected chi connectivity index (χ3v) is 3.18. The number of hydrogen-bond acceptors (Lipinski definition) is 5. The number of cyclic esters (lactones) is 1. The van der Waals surface area contributed by atoms with E-state index in [1.807, 2.05) is 6.07 Å². The highest BCUT2D eigenvalue weighted by atomic mass is 16.7. The van der Waals surface area contributed by atoms with E-state index in [0.717, 1.165) is 0 Å². The van der Waals surface area contributed by atoms with E-state index in [1.54, 1.807) is 24.3 Å². The Bertz CT molecular complexity index is 452. The van der Waals surface area contributed by atoms with Crippen molar-refractivity contribution < 1.29 is 23.8 Å². The summed E-state index contributed by atoms with van der Waals surface area (Å²) in [7, 11) is 2.95. The number of ketones is 1. The zero-order valence-electron chi connectivity index (χ0n) is 10.9. The Morgan fingerprint density at radius 3 is 2.47 bits per heavy atom. The van der Waals surface area contributed by atoms with E-state index in [9.17, 15) is 9.59 Å². The van der Waals surface area contributed by atoms with Gasteiger partial charge in [0.15, 0.2) is 12.4 Å². The molecule has 0 radical (unpaired) electrons. The van der Waals surface area contributed by atoms with E-state index in [2.05, 4.69) is 0 Å². The SMILES string of the molecule is COC(OC)[C@@H]1CC(=O)O[C@H]1C(=O)c1ccccc1. The highest BCUT2D eigenvalue weighted by molar-refractivity contribution is 6.01. The van der Waals surface area contributed by atoms with Crippen molar-refractivity contribution in [3.63, 3.8) is 0 Å². The van der Waals surface area contributed by atoms with Crippen molar-refractivity contribution in [3.05, 3.63) is 35.9 Å². The maximum Gasteiger partial charge on any atom is 0.307 e. The highest BCUT2D eigenvalue weighted by Gasteiger charge is 2.44. The number of hydrogen-bond donors (Lipinski definition) is 0. The van der Waals surface area contributed by atoms with Crippen LogP contribution >= 0.6 is 0 Å². The van der Waals surface area contributed by atoms with Crippen molar-refractivity contribution in [2.75, 3.05) is 14.2 Å². The second-order valence-electron chi connectivity index (χ2n) is 4.35. The molecule has 1 aromatic carbocycles. The summed E-state index contributed by atoms with van der Waals surface area (Å²) in [6.45, 7) is 0. The Labute approximate surface area is 111 Å². The van der Waals surface area contributed by atoms with Crippen LogP contribution in [-0.2, 0) is 19.0 Å². The maximum atomic E-state index is 12.4. The largest absolute Gasteiger partial charge is 0.453 e. The van der Waals surface area contributed by atoms with Crippen molar-refractivity contribution in [1.82, 2.24) is 0 Å². The second kappa shape index (κ2) is 5.95. The van der Waals surface area contributed by atoms with Crippen LogP contribution in [0.3, 0.4) is 0 Å². The predicted octanol–water partition coefficient (Wildman–Crippen LogP) is 1.42. The first-order chi connectivity index (χ1) is 9.17. The van der Waals surface area contributed by atoms with Crippen LogP contribution in [0.2, 0.25) is 0 Å². The summed E-state index contributed by atoms with van der Waals surface area (Å²) in [5, 5.41) is 0. The molecule has 2 rings (SSSR count). The van der Waals surface area contributed by atoms with Crippen LogP contribution in [0.1, 0.15) is 16.8 Å². The first-order valence-electron chi connectivity index (χ1n) is 6.01. The Morgan fingerprint density at radius 1 is 1.26 bits per heavy atom. The normalized spacial score (nSPS) is 22.6. The second-order valence-corrected chi connectivity index (χ2v) is 4.35. The lowest BCUT2D eigenvalue weighted by molar-refractivity contribution is -0.146. The van der Waals surface area contributed by atoms with E-state index in [4.69, 9.17) is 14.2 Å². The predicted molar refractivity (Wildman–Crippen MR) is 66.6 cm³/mol. The Hall–Kier alpha value is -1.72. The summed E-state index contributed by atoms with van der Waals surface area (Å²) in [5.41, 5.74) is 0.512. The van der Waals surface area contributed by atoms with Gasteiger partial charge in [-0.05, 0) is 0 Å². The number of Topliss-reactive ketones (excluding diaryl/α,β-unsaturated/α-hetero) is 1. The molecule has 5 nitrogen and oxygen atoms in total. The van der Waals surface area contributed by atoms with Crippen LogP contribution < -0.4 is 0 Å². The summed E-state index contributed by atoms with van der Waals surface area (Å²) >= 11 is 0. The van der Waals surface area contributed by atoms with Crippen molar-refractivity contribution in [2.45, 2.75) is 18.8 Å². The fourth-order valence-corrected chi connectivity index (χ4v) is 2.28. The standard InChI is InChI=1S/C14H16O5/c1-17-14(18-2)10-8-11(15)19-13(10)12(16)9-6-4-3-5-7-9/h3-7,10,13-14H,8H2,1-2H3/t10-,13-/m1/s1. The molecule has 0 aromatic heterocycles. The van der Waals surface area contributed by atoms with Crippen LogP contribution in [-0.4, -0.2) is 38.4 Å². The topological polar surface area (TPSA) is 61.8 Å². The zero-order chi connectivity index (χ0) is 13.8. The van der Waals surface area contributed by atoms with Crippen molar-refractivity contribution in [1.29, 1.82) is 0 Å². The van der Waals surface area contributed by atoms with E-state index in [1.165, 1.54) is 14.2 Å². The van der Waals surface area contributed by atoms with E-state index >= 15 is 0 Å². The minimum Gasteiger partial charge on any atom is -0.453 e. The molecule has 0 saturated carbocycles. The summed E-state index contributed by atoms with van der Waals surface area (Å²) in [6, 6.07) is 8.74. The molecule has 1 saturated heterocycles. The summed E-state index contributed by atoms with van der Waals surface area (Å²) in [5.74, 6) is -1.05. The molecule has 0 spiro atoms. The maximum absolute atomic E-state index is 12.4. The highest BCUT2D eigenvalue weighted by Crippen LogP contribution is 2.29. The molecule has 1 aromatic rings. The zero-order valence-corrected chi connectivity index (χ0v) is 10.9. The van der Waals surface area contributed by atoms with Gasteiger partial charge in [-0.15, -0.1) is 0 Å². The van der Waals surface area contributed by atoms with Gasteiger partial charge in [-0.25, -0.2) is 0 Å². The molecule has 0 amide bonds. The summed E-state index contributed by atoms with van der Waals surface area (Å²) < 4.78 is 15.4. The van der Waals surface area contributed by atoms with E-state index in [-0.39, 0.29) is 12.2 Å².